The highest BCUT2D eigenvalue weighted by Gasteiger charge is 2.27. The van der Waals surface area contributed by atoms with E-state index in [9.17, 15) is 14.4 Å². The van der Waals surface area contributed by atoms with Gasteiger partial charge in [0.2, 0.25) is 0 Å². The third kappa shape index (κ3) is 4.67. The number of methoxy groups -OCH3 is 1. The SMILES string of the molecule is COCCCn1cc(-c2ccn[nH]2)cc(NC(=O)N2CCC(n3c(=O)[nH]c4ncccc43)CC2)c1=O. The van der Waals surface area contributed by atoms with Crippen molar-refractivity contribution in [3.8, 4) is 11.3 Å². The van der Waals surface area contributed by atoms with E-state index in [2.05, 4.69) is 25.5 Å². The van der Waals surface area contributed by atoms with E-state index in [4.69, 9.17) is 4.74 Å². The number of hydrogen-bond donors (Lipinski definition) is 3. The molecule has 5 heterocycles. The van der Waals surface area contributed by atoms with E-state index in [1.165, 1.54) is 0 Å². The molecule has 12 heteroatoms. The molecule has 0 atom stereocenters. The highest BCUT2D eigenvalue weighted by atomic mass is 16.5. The van der Waals surface area contributed by atoms with Crippen LogP contribution >= 0.6 is 0 Å². The summed E-state index contributed by atoms with van der Waals surface area (Å²) >= 11 is 0. The van der Waals surface area contributed by atoms with Crippen LogP contribution in [0.5, 0.6) is 0 Å². The van der Waals surface area contributed by atoms with E-state index in [0.29, 0.717) is 51.2 Å². The number of amides is 2. The smallest absolute Gasteiger partial charge is 0.327 e. The van der Waals surface area contributed by atoms with Crippen LogP contribution in [0.2, 0.25) is 0 Å². The van der Waals surface area contributed by atoms with Gasteiger partial charge in [-0.1, -0.05) is 0 Å². The second-order valence-electron chi connectivity index (χ2n) is 8.78. The quantitative estimate of drug-likeness (QED) is 0.338. The Kier molecular flexibility index (Phi) is 6.67. The molecule has 1 saturated heterocycles. The van der Waals surface area contributed by atoms with Gasteiger partial charge < -0.3 is 19.5 Å². The Morgan fingerprint density at radius 3 is 2.81 bits per heavy atom. The summed E-state index contributed by atoms with van der Waals surface area (Å²) in [4.78, 5) is 47.4. The number of nitrogens with zero attached hydrogens (tertiary/aromatic N) is 5. The fraction of sp³-hybridized carbons (Fsp3) is 0.375. The number of aromatic nitrogens is 6. The fourth-order valence-corrected chi connectivity index (χ4v) is 4.68. The van der Waals surface area contributed by atoms with Crippen molar-refractivity contribution >= 4 is 22.9 Å². The Bertz CT molecular complexity index is 1460. The molecule has 0 saturated carbocycles. The number of carbonyl (C=O) groups is 1. The van der Waals surface area contributed by atoms with Crippen molar-refractivity contribution in [1.82, 2.24) is 34.2 Å². The zero-order valence-corrected chi connectivity index (χ0v) is 19.9. The molecule has 1 aliphatic rings. The first kappa shape index (κ1) is 23.5. The Morgan fingerprint density at radius 1 is 1.22 bits per heavy atom. The Labute approximate surface area is 205 Å². The van der Waals surface area contributed by atoms with Crippen LogP contribution in [0.3, 0.4) is 0 Å². The fourth-order valence-electron chi connectivity index (χ4n) is 4.68. The summed E-state index contributed by atoms with van der Waals surface area (Å²) in [6.07, 6.45) is 6.91. The van der Waals surface area contributed by atoms with Crippen molar-refractivity contribution in [2.24, 2.45) is 0 Å². The van der Waals surface area contributed by atoms with E-state index < -0.39 is 0 Å². The molecule has 0 radical (unpaired) electrons. The minimum absolute atomic E-state index is 0.0405. The van der Waals surface area contributed by atoms with Crippen LogP contribution in [0.15, 0.2) is 52.4 Å². The number of fused-ring (bicyclic) bond motifs is 1. The van der Waals surface area contributed by atoms with Crippen molar-refractivity contribution in [3.05, 3.63) is 63.7 Å². The number of hydrogen-bond acceptors (Lipinski definition) is 6. The molecule has 0 aliphatic carbocycles. The van der Waals surface area contributed by atoms with Crippen molar-refractivity contribution in [2.75, 3.05) is 32.1 Å². The minimum Gasteiger partial charge on any atom is -0.385 e. The van der Waals surface area contributed by atoms with E-state index >= 15 is 0 Å². The zero-order valence-electron chi connectivity index (χ0n) is 19.9. The first-order chi connectivity index (χ1) is 17.5. The Morgan fingerprint density at radius 2 is 2.06 bits per heavy atom. The second kappa shape index (κ2) is 10.2. The summed E-state index contributed by atoms with van der Waals surface area (Å²) in [7, 11) is 1.62. The number of pyridine rings is 2. The standard InChI is InChI=1S/C24H28N8O4/c1-36-13-3-10-31-15-16(18-5-9-26-29-18)14-19(22(31)33)27-23(34)30-11-6-17(7-12-30)32-20-4-2-8-25-21(20)28-24(32)35/h2,4-5,8-9,14-15,17H,3,6-7,10-13H2,1H3,(H,26,29)(H,27,34)(H,25,28,35). The molecule has 12 nitrogen and oxygen atoms in total. The van der Waals surface area contributed by atoms with Crippen LogP contribution in [0.1, 0.15) is 25.3 Å². The normalized spacial score (nSPS) is 14.4. The lowest BCUT2D eigenvalue weighted by Crippen LogP contribution is -2.43. The van der Waals surface area contributed by atoms with Gasteiger partial charge in [-0.05, 0) is 43.5 Å². The molecule has 0 unspecified atom stereocenters. The first-order valence-corrected chi connectivity index (χ1v) is 11.9. The van der Waals surface area contributed by atoms with Crippen LogP contribution in [-0.2, 0) is 11.3 Å². The summed E-state index contributed by atoms with van der Waals surface area (Å²) in [6, 6.07) is 6.74. The summed E-state index contributed by atoms with van der Waals surface area (Å²) in [5.41, 5.74) is 2.52. The van der Waals surface area contributed by atoms with Gasteiger partial charge in [0, 0.05) is 63.5 Å². The molecule has 0 bridgehead atoms. The van der Waals surface area contributed by atoms with Gasteiger partial charge in [-0.3, -0.25) is 19.4 Å². The number of nitrogens with one attached hydrogen (secondary N) is 3. The number of aromatic amines is 2. The molecular weight excluding hydrogens is 464 g/mol. The molecule has 4 aromatic heterocycles. The van der Waals surface area contributed by atoms with Crippen LogP contribution in [0.25, 0.3) is 22.4 Å². The molecule has 36 heavy (non-hydrogen) atoms. The monoisotopic (exact) mass is 492 g/mol. The number of urea groups is 1. The largest absolute Gasteiger partial charge is 0.385 e. The summed E-state index contributed by atoms with van der Waals surface area (Å²) < 4.78 is 8.42. The van der Waals surface area contributed by atoms with Gasteiger partial charge in [0.1, 0.15) is 5.69 Å². The molecule has 1 aliphatic heterocycles. The molecule has 188 valence electrons. The molecule has 0 spiro atoms. The molecule has 1 fully saturated rings. The number of likely N-dealkylation sites (tertiary alicyclic amines) is 1. The first-order valence-electron chi connectivity index (χ1n) is 11.9. The molecule has 2 amide bonds. The number of rotatable bonds is 7. The van der Waals surface area contributed by atoms with Crippen LogP contribution in [0, 0.1) is 0 Å². The van der Waals surface area contributed by atoms with Gasteiger partial charge in [-0.2, -0.15) is 5.10 Å². The lowest BCUT2D eigenvalue weighted by atomic mass is 10.0. The van der Waals surface area contributed by atoms with Crippen molar-refractivity contribution in [2.45, 2.75) is 31.8 Å². The molecule has 4 aromatic rings. The third-order valence-corrected chi connectivity index (χ3v) is 6.49. The molecule has 3 N–H and O–H groups in total. The van der Waals surface area contributed by atoms with Gasteiger partial charge in [0.05, 0.1) is 11.2 Å². The van der Waals surface area contributed by atoms with Gasteiger partial charge in [0.25, 0.3) is 5.56 Å². The van der Waals surface area contributed by atoms with Gasteiger partial charge in [-0.25, -0.2) is 14.6 Å². The predicted molar refractivity (Wildman–Crippen MR) is 134 cm³/mol. The van der Waals surface area contributed by atoms with Crippen molar-refractivity contribution in [1.29, 1.82) is 0 Å². The van der Waals surface area contributed by atoms with Gasteiger partial charge in [0.15, 0.2) is 5.65 Å². The summed E-state index contributed by atoms with van der Waals surface area (Å²) in [5, 5.41) is 9.69. The van der Waals surface area contributed by atoms with Crippen LogP contribution < -0.4 is 16.6 Å². The summed E-state index contributed by atoms with van der Waals surface area (Å²) in [5.74, 6) is 0. The number of anilines is 1. The second-order valence-corrected chi connectivity index (χ2v) is 8.78. The maximum absolute atomic E-state index is 13.1. The van der Waals surface area contributed by atoms with E-state index in [1.807, 2.05) is 6.07 Å². The molecule has 5 rings (SSSR count). The number of piperidine rings is 1. The van der Waals surface area contributed by atoms with Gasteiger partial charge in [-0.15, -0.1) is 0 Å². The van der Waals surface area contributed by atoms with E-state index in [-0.39, 0.29) is 29.0 Å². The molecular formula is C24H28N8O4. The van der Waals surface area contributed by atoms with Crippen LogP contribution in [0.4, 0.5) is 10.5 Å². The number of ether oxygens (including phenoxy) is 1. The number of carbonyl (C=O) groups excluding carboxylic acids is 1. The lowest BCUT2D eigenvalue weighted by Gasteiger charge is -2.32. The lowest BCUT2D eigenvalue weighted by molar-refractivity contribution is 0.184. The summed E-state index contributed by atoms with van der Waals surface area (Å²) in [6.45, 7) is 1.89. The maximum atomic E-state index is 13.1. The van der Waals surface area contributed by atoms with E-state index in [0.717, 1.165) is 16.8 Å². The highest BCUT2D eigenvalue weighted by molar-refractivity contribution is 5.90. The zero-order chi connectivity index (χ0) is 25.1. The number of aryl methyl sites for hydroxylation is 1. The highest BCUT2D eigenvalue weighted by Crippen LogP contribution is 2.25. The van der Waals surface area contributed by atoms with E-state index in [1.54, 1.807) is 57.9 Å². The number of imidazole rings is 1. The topological polar surface area (TPSA) is 143 Å². The Hall–Kier alpha value is -4.19. The minimum atomic E-state index is -0.344. The average molecular weight is 493 g/mol. The van der Waals surface area contributed by atoms with Gasteiger partial charge >= 0.3 is 11.7 Å². The van der Waals surface area contributed by atoms with Crippen molar-refractivity contribution in [3.63, 3.8) is 0 Å². The molecule has 0 aromatic carbocycles. The Balaban J connectivity index is 1.31. The van der Waals surface area contributed by atoms with Crippen LogP contribution in [-0.4, -0.2) is 67.0 Å². The van der Waals surface area contributed by atoms with Crippen molar-refractivity contribution < 1.29 is 9.53 Å². The maximum Gasteiger partial charge on any atom is 0.327 e. The third-order valence-electron chi connectivity index (χ3n) is 6.49. The average Bonchev–Trinajstić information content (AvgIpc) is 3.54. The number of H-pyrrole nitrogens is 2. The predicted octanol–water partition coefficient (Wildman–Crippen LogP) is 2.18.